The molecule has 3 N–H and O–H groups in total. The summed E-state index contributed by atoms with van der Waals surface area (Å²) in [6, 6.07) is -0.759. The van der Waals surface area contributed by atoms with Gasteiger partial charge in [0.1, 0.15) is 6.04 Å². The molecule has 0 fully saturated rings. The molecule has 0 rings (SSSR count). The quantitative estimate of drug-likeness (QED) is 0.461. The second-order valence-electron chi connectivity index (χ2n) is 3.70. The molecule has 0 saturated heterocycles. The summed E-state index contributed by atoms with van der Waals surface area (Å²) >= 11 is 0. The number of carbonyl (C=O) groups excluding carboxylic acids is 1. The Morgan fingerprint density at radius 2 is 1.88 bits per heavy atom. The first-order valence-corrected chi connectivity index (χ1v) is 5.72. The largest absolute Gasteiger partial charge is 0.480 e. The Morgan fingerprint density at radius 1 is 1.25 bits per heavy atom. The summed E-state index contributed by atoms with van der Waals surface area (Å²) in [5.74, 6) is -1.11. The predicted molar refractivity (Wildman–Crippen MR) is 59.9 cm³/mol. The molecule has 16 heavy (non-hydrogen) atoms. The van der Waals surface area contributed by atoms with Crippen molar-refractivity contribution in [1.29, 1.82) is 0 Å². The maximum atomic E-state index is 11.0. The fourth-order valence-corrected chi connectivity index (χ4v) is 1.34. The average molecular weight is 231 g/mol. The van der Waals surface area contributed by atoms with Crippen LogP contribution in [0.15, 0.2) is 0 Å². The van der Waals surface area contributed by atoms with E-state index in [1.165, 1.54) is 0 Å². The molecular formula is C11H21NO4. The van der Waals surface area contributed by atoms with E-state index in [-0.39, 0.29) is 5.97 Å². The van der Waals surface area contributed by atoms with E-state index >= 15 is 0 Å². The van der Waals surface area contributed by atoms with E-state index in [1.54, 1.807) is 6.92 Å². The van der Waals surface area contributed by atoms with E-state index in [0.717, 1.165) is 25.7 Å². The van der Waals surface area contributed by atoms with Crippen LogP contribution < -0.4 is 5.73 Å². The van der Waals surface area contributed by atoms with Crippen LogP contribution in [0.5, 0.6) is 0 Å². The van der Waals surface area contributed by atoms with E-state index in [9.17, 15) is 9.59 Å². The third-order valence-electron chi connectivity index (χ3n) is 2.27. The van der Waals surface area contributed by atoms with Gasteiger partial charge in [0.15, 0.2) is 0 Å². The predicted octanol–water partition coefficient (Wildman–Crippen LogP) is 1.30. The Balaban J connectivity index is 3.27. The number of esters is 1. The van der Waals surface area contributed by atoms with Crippen LogP contribution >= 0.6 is 0 Å². The minimum Gasteiger partial charge on any atom is -0.480 e. The van der Waals surface area contributed by atoms with Gasteiger partial charge in [-0.3, -0.25) is 9.59 Å². The molecule has 5 nitrogen and oxygen atoms in total. The summed E-state index contributed by atoms with van der Waals surface area (Å²) in [5.41, 5.74) is 5.35. The molecule has 0 aromatic heterocycles. The lowest BCUT2D eigenvalue weighted by molar-refractivity contribution is -0.143. The van der Waals surface area contributed by atoms with Crippen molar-refractivity contribution in [2.45, 2.75) is 51.5 Å². The zero-order valence-electron chi connectivity index (χ0n) is 9.78. The Morgan fingerprint density at radius 3 is 2.44 bits per heavy atom. The number of ether oxygens (including phenoxy) is 1. The van der Waals surface area contributed by atoms with E-state index in [1.807, 2.05) is 0 Å². The van der Waals surface area contributed by atoms with Gasteiger partial charge < -0.3 is 15.6 Å². The lowest BCUT2D eigenvalue weighted by Crippen LogP contribution is -2.29. The number of hydrogen-bond donors (Lipinski definition) is 2. The van der Waals surface area contributed by atoms with Crippen LogP contribution in [0.2, 0.25) is 0 Å². The number of carboxylic acid groups (broad SMARTS) is 1. The van der Waals surface area contributed by atoms with Gasteiger partial charge in [-0.2, -0.15) is 0 Å². The van der Waals surface area contributed by atoms with Crippen LogP contribution in [-0.2, 0) is 14.3 Å². The Bertz CT molecular complexity index is 218. The average Bonchev–Trinajstić information content (AvgIpc) is 2.23. The Hall–Kier alpha value is -1.10. The van der Waals surface area contributed by atoms with Gasteiger partial charge in [-0.1, -0.05) is 19.3 Å². The smallest absolute Gasteiger partial charge is 0.320 e. The topological polar surface area (TPSA) is 89.6 Å². The molecule has 1 atom stereocenters. The molecule has 0 aromatic rings. The van der Waals surface area contributed by atoms with Gasteiger partial charge in [0.2, 0.25) is 0 Å². The highest BCUT2D eigenvalue weighted by Crippen LogP contribution is 2.07. The number of rotatable bonds is 9. The van der Waals surface area contributed by atoms with Gasteiger partial charge in [0.25, 0.3) is 0 Å². The summed E-state index contributed by atoms with van der Waals surface area (Å²) in [4.78, 5) is 21.3. The highest BCUT2D eigenvalue weighted by atomic mass is 16.5. The lowest BCUT2D eigenvalue weighted by Gasteiger charge is -2.05. The first-order valence-electron chi connectivity index (χ1n) is 5.72. The second kappa shape index (κ2) is 9.15. The van der Waals surface area contributed by atoms with Crippen molar-refractivity contribution in [3.63, 3.8) is 0 Å². The molecular weight excluding hydrogens is 210 g/mol. The van der Waals surface area contributed by atoms with Crippen molar-refractivity contribution in [1.82, 2.24) is 0 Å². The van der Waals surface area contributed by atoms with Crippen LogP contribution in [-0.4, -0.2) is 29.7 Å². The van der Waals surface area contributed by atoms with Crippen LogP contribution in [0.25, 0.3) is 0 Å². The molecule has 0 aliphatic rings. The summed E-state index contributed by atoms with van der Waals surface area (Å²) in [5, 5.41) is 8.53. The van der Waals surface area contributed by atoms with Gasteiger partial charge >= 0.3 is 11.9 Å². The monoisotopic (exact) mass is 231 g/mol. The zero-order valence-corrected chi connectivity index (χ0v) is 9.78. The minimum atomic E-state index is -0.952. The van der Waals surface area contributed by atoms with Crippen molar-refractivity contribution < 1.29 is 19.4 Å². The first kappa shape index (κ1) is 14.9. The molecule has 0 amide bonds. The van der Waals surface area contributed by atoms with Gasteiger partial charge in [-0.25, -0.2) is 0 Å². The van der Waals surface area contributed by atoms with Gasteiger partial charge in [-0.15, -0.1) is 0 Å². The summed E-state index contributed by atoms with van der Waals surface area (Å²) in [7, 11) is 0. The van der Waals surface area contributed by atoms with Crippen LogP contribution in [0, 0.1) is 0 Å². The SMILES string of the molecule is CCOC(=O)CCCCCC[C@H](N)C(=O)O. The lowest BCUT2D eigenvalue weighted by atomic mass is 10.1. The summed E-state index contributed by atoms with van der Waals surface area (Å²) < 4.78 is 4.78. The molecule has 0 spiro atoms. The highest BCUT2D eigenvalue weighted by Gasteiger charge is 2.09. The number of nitrogens with two attached hydrogens (primary N) is 1. The molecule has 0 aromatic carbocycles. The molecule has 0 saturated carbocycles. The first-order chi connectivity index (χ1) is 7.57. The summed E-state index contributed by atoms with van der Waals surface area (Å²) in [6.07, 6.45) is 4.33. The molecule has 0 bridgehead atoms. The van der Waals surface area contributed by atoms with E-state index < -0.39 is 12.0 Å². The zero-order chi connectivity index (χ0) is 12.4. The van der Waals surface area contributed by atoms with Crippen LogP contribution in [0.1, 0.15) is 45.4 Å². The third-order valence-corrected chi connectivity index (χ3v) is 2.27. The molecule has 0 aliphatic heterocycles. The van der Waals surface area contributed by atoms with Crippen LogP contribution in [0.4, 0.5) is 0 Å². The van der Waals surface area contributed by atoms with Crippen molar-refractivity contribution in [3.8, 4) is 0 Å². The number of aliphatic carboxylic acids is 1. The van der Waals surface area contributed by atoms with Gasteiger partial charge in [0.05, 0.1) is 6.61 Å². The number of hydrogen-bond acceptors (Lipinski definition) is 4. The molecule has 94 valence electrons. The third kappa shape index (κ3) is 8.23. The van der Waals surface area contributed by atoms with Crippen molar-refractivity contribution in [2.75, 3.05) is 6.61 Å². The van der Waals surface area contributed by atoms with E-state index in [4.69, 9.17) is 15.6 Å². The summed E-state index contributed by atoms with van der Waals surface area (Å²) in [6.45, 7) is 2.21. The normalized spacial score (nSPS) is 12.1. The number of carboxylic acids is 1. The minimum absolute atomic E-state index is 0.162. The van der Waals surface area contributed by atoms with Crippen molar-refractivity contribution >= 4 is 11.9 Å². The van der Waals surface area contributed by atoms with Crippen molar-refractivity contribution in [3.05, 3.63) is 0 Å². The van der Waals surface area contributed by atoms with Gasteiger partial charge in [0, 0.05) is 6.42 Å². The Labute approximate surface area is 96.0 Å². The Kier molecular flexibility index (Phi) is 8.52. The fraction of sp³-hybridized carbons (Fsp3) is 0.818. The maximum Gasteiger partial charge on any atom is 0.320 e. The number of unbranched alkanes of at least 4 members (excludes halogenated alkanes) is 3. The second-order valence-corrected chi connectivity index (χ2v) is 3.70. The van der Waals surface area contributed by atoms with E-state index in [2.05, 4.69) is 0 Å². The van der Waals surface area contributed by atoms with E-state index in [0.29, 0.717) is 19.4 Å². The fourth-order valence-electron chi connectivity index (χ4n) is 1.34. The molecule has 5 heteroatoms. The highest BCUT2D eigenvalue weighted by molar-refractivity contribution is 5.72. The molecule has 0 radical (unpaired) electrons. The van der Waals surface area contributed by atoms with Crippen LogP contribution in [0.3, 0.4) is 0 Å². The van der Waals surface area contributed by atoms with Gasteiger partial charge in [-0.05, 0) is 19.8 Å². The maximum absolute atomic E-state index is 11.0. The standard InChI is InChI=1S/C11H21NO4/c1-2-16-10(13)8-6-4-3-5-7-9(12)11(14)15/h9H,2-8,12H2,1H3,(H,14,15)/t9-/m0/s1. The molecule has 0 unspecified atom stereocenters. The number of carbonyl (C=O) groups is 2. The van der Waals surface area contributed by atoms with Crippen molar-refractivity contribution in [2.24, 2.45) is 5.73 Å². The molecule has 0 aliphatic carbocycles. The molecule has 0 heterocycles.